The van der Waals surface area contributed by atoms with Gasteiger partial charge >= 0.3 is 0 Å². The van der Waals surface area contributed by atoms with Crippen LogP contribution in [-0.2, 0) is 0 Å². The minimum absolute atomic E-state index is 0.0265. The molecule has 1 rings (SSSR count). The molecule has 0 aromatic heterocycles. The number of hydrogen-bond donors (Lipinski definition) is 2. The third-order valence-electron chi connectivity index (χ3n) is 2.64. The van der Waals surface area contributed by atoms with E-state index >= 15 is 0 Å². The molecule has 2 N–H and O–H groups in total. The van der Waals surface area contributed by atoms with Crippen molar-refractivity contribution in [1.82, 2.24) is 5.32 Å². The van der Waals surface area contributed by atoms with Gasteiger partial charge in [-0.25, -0.2) is 0 Å². The molecular weight excluding hydrogens is 294 g/mol. The Morgan fingerprint density at radius 1 is 1.55 bits per heavy atom. The summed E-state index contributed by atoms with van der Waals surface area (Å²) in [5.74, 6) is 5.53. The Kier molecular flexibility index (Phi) is 7.53. The quantitative estimate of drug-likeness (QED) is 0.822. The summed E-state index contributed by atoms with van der Waals surface area (Å²) >= 11 is 7.79. The first-order chi connectivity index (χ1) is 9.58. The van der Waals surface area contributed by atoms with Gasteiger partial charge in [0, 0.05) is 29.3 Å². The van der Waals surface area contributed by atoms with Crippen LogP contribution in [0.1, 0.15) is 29.3 Å². The minimum Gasteiger partial charge on any atom is -0.395 e. The Bertz CT molecular complexity index is 522. The van der Waals surface area contributed by atoms with Gasteiger partial charge in [0.1, 0.15) is 0 Å². The van der Waals surface area contributed by atoms with E-state index < -0.39 is 0 Å². The molecule has 0 aliphatic heterocycles. The molecular formula is C15H18ClNO2S. The summed E-state index contributed by atoms with van der Waals surface area (Å²) in [6, 6.07) is 5.04. The fourth-order valence-electron chi connectivity index (χ4n) is 1.39. The summed E-state index contributed by atoms with van der Waals surface area (Å²) in [6.45, 7) is 2.70. The number of halogens is 1. The van der Waals surface area contributed by atoms with E-state index in [1.807, 2.05) is 6.26 Å². The summed E-state index contributed by atoms with van der Waals surface area (Å²) in [6.07, 6.45) is 2.42. The van der Waals surface area contributed by atoms with E-state index in [0.717, 1.165) is 0 Å². The lowest BCUT2D eigenvalue weighted by atomic mass is 10.1. The Morgan fingerprint density at radius 3 is 2.90 bits per heavy atom. The van der Waals surface area contributed by atoms with Gasteiger partial charge in [0.05, 0.1) is 11.6 Å². The molecule has 0 spiro atoms. The van der Waals surface area contributed by atoms with E-state index in [0.29, 0.717) is 34.4 Å². The second kappa shape index (κ2) is 8.91. The predicted octanol–water partition coefficient (Wildman–Crippen LogP) is 2.56. The third kappa shape index (κ3) is 5.46. The molecule has 1 unspecified atom stereocenters. The summed E-state index contributed by atoms with van der Waals surface area (Å²) in [5, 5.41) is 12.3. The van der Waals surface area contributed by atoms with Crippen molar-refractivity contribution in [3.8, 4) is 11.8 Å². The largest absolute Gasteiger partial charge is 0.395 e. The van der Waals surface area contributed by atoms with Gasteiger partial charge in [-0.1, -0.05) is 30.4 Å². The zero-order valence-electron chi connectivity index (χ0n) is 11.6. The van der Waals surface area contributed by atoms with E-state index in [4.69, 9.17) is 16.7 Å². The van der Waals surface area contributed by atoms with E-state index in [1.54, 1.807) is 30.0 Å². The Morgan fingerprint density at radius 2 is 2.30 bits per heavy atom. The Hall–Kier alpha value is -1.15. The van der Waals surface area contributed by atoms with Crippen LogP contribution in [0.3, 0.4) is 0 Å². The minimum atomic E-state index is -0.136. The van der Waals surface area contributed by atoms with Crippen LogP contribution in [-0.4, -0.2) is 35.7 Å². The number of rotatable bonds is 5. The molecule has 0 fully saturated rings. The van der Waals surface area contributed by atoms with E-state index in [9.17, 15) is 4.79 Å². The molecule has 0 radical (unpaired) electrons. The molecule has 20 heavy (non-hydrogen) atoms. The number of benzene rings is 1. The molecule has 1 aromatic rings. The van der Waals surface area contributed by atoms with E-state index in [-0.39, 0.29) is 12.5 Å². The Balaban J connectivity index is 2.72. The Labute approximate surface area is 129 Å². The molecule has 0 heterocycles. The first kappa shape index (κ1) is 16.9. The average Bonchev–Trinajstić information content (AvgIpc) is 2.46. The monoisotopic (exact) mass is 311 g/mol. The van der Waals surface area contributed by atoms with Crippen molar-refractivity contribution in [3.63, 3.8) is 0 Å². The zero-order valence-corrected chi connectivity index (χ0v) is 13.1. The second-order valence-electron chi connectivity index (χ2n) is 4.23. The average molecular weight is 312 g/mol. The number of amides is 1. The van der Waals surface area contributed by atoms with Gasteiger partial charge in [0.15, 0.2) is 0 Å². The number of thioether (sulfide) groups is 1. The molecule has 108 valence electrons. The van der Waals surface area contributed by atoms with Crippen molar-refractivity contribution < 1.29 is 9.90 Å². The van der Waals surface area contributed by atoms with Crippen molar-refractivity contribution >= 4 is 29.3 Å². The molecule has 3 nitrogen and oxygen atoms in total. The summed E-state index contributed by atoms with van der Waals surface area (Å²) < 4.78 is 0. The van der Waals surface area contributed by atoms with Gasteiger partial charge < -0.3 is 10.4 Å². The SMILES string of the molecule is CSC(C)CNC(=O)c1ccc(C#CCCO)c(Cl)c1. The van der Waals surface area contributed by atoms with Crippen molar-refractivity contribution in [2.45, 2.75) is 18.6 Å². The lowest BCUT2D eigenvalue weighted by molar-refractivity contribution is 0.0954. The molecule has 0 aliphatic rings. The van der Waals surface area contributed by atoms with Crippen LogP contribution >= 0.6 is 23.4 Å². The number of nitrogens with one attached hydrogen (secondary N) is 1. The fraction of sp³-hybridized carbons (Fsp3) is 0.400. The molecule has 0 bridgehead atoms. The molecule has 1 aromatic carbocycles. The number of aliphatic hydroxyl groups excluding tert-OH is 1. The van der Waals surface area contributed by atoms with Gasteiger partial charge in [-0.05, 0) is 24.5 Å². The number of aliphatic hydroxyl groups is 1. The van der Waals surface area contributed by atoms with Gasteiger partial charge in [-0.15, -0.1) is 0 Å². The maximum absolute atomic E-state index is 11.9. The maximum Gasteiger partial charge on any atom is 0.251 e. The summed E-state index contributed by atoms with van der Waals surface area (Å²) in [4.78, 5) is 11.9. The fourth-order valence-corrected chi connectivity index (χ4v) is 1.87. The van der Waals surface area contributed by atoms with Crippen LogP contribution in [0.25, 0.3) is 0 Å². The van der Waals surface area contributed by atoms with Crippen LogP contribution in [0, 0.1) is 11.8 Å². The predicted molar refractivity (Wildman–Crippen MR) is 85.3 cm³/mol. The van der Waals surface area contributed by atoms with Crippen LogP contribution in [0.5, 0.6) is 0 Å². The van der Waals surface area contributed by atoms with Crippen molar-refractivity contribution in [1.29, 1.82) is 0 Å². The van der Waals surface area contributed by atoms with Crippen molar-refractivity contribution in [3.05, 3.63) is 34.3 Å². The molecule has 0 aliphatic carbocycles. The molecule has 1 amide bonds. The maximum atomic E-state index is 11.9. The first-order valence-corrected chi connectivity index (χ1v) is 7.95. The number of carbonyl (C=O) groups is 1. The topological polar surface area (TPSA) is 49.3 Å². The van der Waals surface area contributed by atoms with Crippen LogP contribution in [0.15, 0.2) is 18.2 Å². The van der Waals surface area contributed by atoms with Gasteiger partial charge in [0.25, 0.3) is 5.91 Å². The van der Waals surface area contributed by atoms with E-state index in [2.05, 4.69) is 24.1 Å². The van der Waals surface area contributed by atoms with Crippen LogP contribution < -0.4 is 5.32 Å². The standard InChI is InChI=1S/C15H18ClNO2S/c1-11(20-2)10-17-15(19)13-7-6-12(14(16)9-13)5-3-4-8-18/h6-7,9,11,18H,4,8,10H2,1-2H3,(H,17,19). The van der Waals surface area contributed by atoms with Gasteiger partial charge in [-0.2, -0.15) is 11.8 Å². The molecule has 1 atom stereocenters. The zero-order chi connectivity index (χ0) is 15.0. The molecule has 0 saturated carbocycles. The highest BCUT2D eigenvalue weighted by Crippen LogP contribution is 2.17. The normalized spacial score (nSPS) is 11.4. The van der Waals surface area contributed by atoms with E-state index in [1.165, 1.54) is 0 Å². The smallest absolute Gasteiger partial charge is 0.251 e. The first-order valence-electron chi connectivity index (χ1n) is 6.28. The summed E-state index contributed by atoms with van der Waals surface area (Å²) in [5.41, 5.74) is 1.19. The lowest BCUT2D eigenvalue weighted by Gasteiger charge is -2.10. The number of carbonyl (C=O) groups excluding carboxylic acids is 1. The van der Waals surface area contributed by atoms with Crippen molar-refractivity contribution in [2.75, 3.05) is 19.4 Å². The van der Waals surface area contributed by atoms with Crippen molar-refractivity contribution in [2.24, 2.45) is 0 Å². The summed E-state index contributed by atoms with van der Waals surface area (Å²) in [7, 11) is 0. The highest BCUT2D eigenvalue weighted by molar-refractivity contribution is 7.99. The number of hydrogen-bond acceptors (Lipinski definition) is 3. The van der Waals surface area contributed by atoms with Gasteiger partial charge in [-0.3, -0.25) is 4.79 Å². The van der Waals surface area contributed by atoms with Crippen LogP contribution in [0.2, 0.25) is 5.02 Å². The van der Waals surface area contributed by atoms with Crippen LogP contribution in [0.4, 0.5) is 0 Å². The highest BCUT2D eigenvalue weighted by atomic mass is 35.5. The second-order valence-corrected chi connectivity index (χ2v) is 5.91. The van der Waals surface area contributed by atoms with Gasteiger partial charge in [0.2, 0.25) is 0 Å². The molecule has 0 saturated heterocycles. The lowest BCUT2D eigenvalue weighted by Crippen LogP contribution is -2.29. The molecule has 5 heteroatoms. The highest BCUT2D eigenvalue weighted by Gasteiger charge is 2.09. The third-order valence-corrected chi connectivity index (χ3v) is 3.93.